The van der Waals surface area contributed by atoms with Gasteiger partial charge >= 0.3 is 5.97 Å². The lowest BCUT2D eigenvalue weighted by Gasteiger charge is -2.15. The maximum absolute atomic E-state index is 12.8. The number of aliphatic carboxylic acids is 1. The number of hydrogen-bond donors (Lipinski definition) is 1. The summed E-state index contributed by atoms with van der Waals surface area (Å²) in [6.45, 7) is 2.77. The van der Waals surface area contributed by atoms with Crippen LogP contribution in [0.15, 0.2) is 28.7 Å². The quantitative estimate of drug-likeness (QED) is 0.921. The number of amides is 1. The van der Waals surface area contributed by atoms with Crippen molar-refractivity contribution in [3.05, 3.63) is 34.9 Å². The van der Waals surface area contributed by atoms with Gasteiger partial charge in [-0.3, -0.25) is 9.59 Å². The Hall–Kier alpha value is -2.08. The second-order valence-corrected chi connectivity index (χ2v) is 7.81. The molecule has 2 aromatic heterocycles. The van der Waals surface area contributed by atoms with Gasteiger partial charge in [-0.2, -0.15) is 0 Å². The predicted molar refractivity (Wildman–Crippen MR) is 90.0 cm³/mol. The SMILES string of the molecule is Cc1ccc(-c2ccc(C(=O)N3C[C@H](C(=O)O)[C@@H](C4CC4)C3)s2)o1. The molecule has 2 aromatic rings. The topological polar surface area (TPSA) is 70.8 Å². The summed E-state index contributed by atoms with van der Waals surface area (Å²) >= 11 is 1.40. The first-order valence-electron chi connectivity index (χ1n) is 8.21. The van der Waals surface area contributed by atoms with Gasteiger partial charge in [-0.05, 0) is 55.9 Å². The van der Waals surface area contributed by atoms with E-state index in [1.165, 1.54) is 11.3 Å². The van der Waals surface area contributed by atoms with Gasteiger partial charge in [0.05, 0.1) is 15.7 Å². The van der Waals surface area contributed by atoms with Crippen molar-refractivity contribution in [3.8, 4) is 10.6 Å². The molecule has 0 unspecified atom stereocenters. The van der Waals surface area contributed by atoms with Crippen LogP contribution in [0.5, 0.6) is 0 Å². The van der Waals surface area contributed by atoms with Gasteiger partial charge in [-0.25, -0.2) is 0 Å². The predicted octanol–water partition coefficient (Wildman–Crippen LogP) is 3.50. The molecule has 4 rings (SSSR count). The van der Waals surface area contributed by atoms with Gasteiger partial charge in [0.25, 0.3) is 5.91 Å². The number of aryl methyl sites for hydroxylation is 1. The van der Waals surface area contributed by atoms with E-state index in [1.54, 1.807) is 11.0 Å². The minimum absolute atomic E-state index is 0.0658. The number of likely N-dealkylation sites (tertiary alicyclic amines) is 1. The van der Waals surface area contributed by atoms with Crippen LogP contribution >= 0.6 is 11.3 Å². The maximum atomic E-state index is 12.8. The molecule has 6 heteroatoms. The molecule has 2 fully saturated rings. The highest BCUT2D eigenvalue weighted by molar-refractivity contribution is 7.17. The van der Waals surface area contributed by atoms with Crippen molar-refractivity contribution >= 4 is 23.2 Å². The van der Waals surface area contributed by atoms with E-state index in [0.717, 1.165) is 29.2 Å². The van der Waals surface area contributed by atoms with Gasteiger partial charge in [-0.15, -0.1) is 11.3 Å². The normalized spacial score (nSPS) is 23.6. The van der Waals surface area contributed by atoms with Crippen molar-refractivity contribution < 1.29 is 19.1 Å². The number of furan rings is 1. The van der Waals surface area contributed by atoms with Crippen LogP contribution in [0.3, 0.4) is 0 Å². The first-order chi connectivity index (χ1) is 11.5. The van der Waals surface area contributed by atoms with E-state index in [1.807, 2.05) is 25.1 Å². The fourth-order valence-electron chi connectivity index (χ4n) is 3.57. The minimum atomic E-state index is -0.778. The molecule has 2 atom stereocenters. The van der Waals surface area contributed by atoms with Gasteiger partial charge in [-0.1, -0.05) is 0 Å². The Morgan fingerprint density at radius 2 is 2.00 bits per heavy atom. The molecule has 2 aliphatic rings. The summed E-state index contributed by atoms with van der Waals surface area (Å²) in [5, 5.41) is 9.44. The number of carbonyl (C=O) groups is 2. The molecule has 24 heavy (non-hydrogen) atoms. The van der Waals surface area contributed by atoms with Crippen molar-refractivity contribution in [1.82, 2.24) is 4.90 Å². The molecule has 1 aliphatic heterocycles. The van der Waals surface area contributed by atoms with Crippen LogP contribution in [0.2, 0.25) is 0 Å². The highest BCUT2D eigenvalue weighted by atomic mass is 32.1. The van der Waals surface area contributed by atoms with Crippen molar-refractivity contribution in [3.63, 3.8) is 0 Å². The van der Waals surface area contributed by atoms with E-state index in [9.17, 15) is 14.7 Å². The molecule has 1 N–H and O–H groups in total. The number of rotatable bonds is 4. The van der Waals surface area contributed by atoms with E-state index < -0.39 is 11.9 Å². The largest absolute Gasteiger partial charge is 0.481 e. The Morgan fingerprint density at radius 3 is 2.62 bits per heavy atom. The van der Waals surface area contributed by atoms with Crippen LogP contribution in [0.25, 0.3) is 10.6 Å². The second kappa shape index (κ2) is 5.77. The van der Waals surface area contributed by atoms with Crippen LogP contribution in [0.4, 0.5) is 0 Å². The summed E-state index contributed by atoms with van der Waals surface area (Å²) < 4.78 is 5.60. The molecule has 0 spiro atoms. The van der Waals surface area contributed by atoms with Crippen LogP contribution in [-0.2, 0) is 4.79 Å². The molecule has 0 bridgehead atoms. The zero-order chi connectivity index (χ0) is 16.8. The Balaban J connectivity index is 1.52. The summed E-state index contributed by atoms with van der Waals surface area (Å²) in [7, 11) is 0. The average Bonchev–Trinajstić information content (AvgIpc) is 2.99. The number of carbonyl (C=O) groups excluding carboxylic acids is 1. The lowest BCUT2D eigenvalue weighted by atomic mass is 9.92. The van der Waals surface area contributed by atoms with E-state index in [0.29, 0.717) is 23.9 Å². The number of thiophene rings is 1. The Morgan fingerprint density at radius 1 is 1.21 bits per heavy atom. The number of hydrogen-bond acceptors (Lipinski definition) is 4. The number of nitrogens with zero attached hydrogens (tertiary/aromatic N) is 1. The highest BCUT2D eigenvalue weighted by Gasteiger charge is 2.47. The smallest absolute Gasteiger partial charge is 0.308 e. The molecule has 5 nitrogen and oxygen atoms in total. The third-order valence-electron chi connectivity index (χ3n) is 5.00. The Labute approximate surface area is 143 Å². The molecular formula is C18H19NO4S. The van der Waals surface area contributed by atoms with Gasteiger partial charge in [0.1, 0.15) is 11.5 Å². The molecule has 1 saturated heterocycles. The first kappa shape index (κ1) is 15.4. The highest BCUT2D eigenvalue weighted by Crippen LogP contribution is 2.44. The number of carboxylic acid groups (broad SMARTS) is 1. The first-order valence-corrected chi connectivity index (χ1v) is 9.03. The molecular weight excluding hydrogens is 326 g/mol. The molecule has 1 saturated carbocycles. The molecule has 1 aliphatic carbocycles. The minimum Gasteiger partial charge on any atom is -0.481 e. The third kappa shape index (κ3) is 2.75. The molecule has 3 heterocycles. The van der Waals surface area contributed by atoms with E-state index >= 15 is 0 Å². The fourth-order valence-corrected chi connectivity index (χ4v) is 4.50. The third-order valence-corrected chi connectivity index (χ3v) is 6.08. The van der Waals surface area contributed by atoms with Crippen molar-refractivity contribution in [2.24, 2.45) is 17.8 Å². The number of carboxylic acids is 1. The van der Waals surface area contributed by atoms with Crippen molar-refractivity contribution in [1.29, 1.82) is 0 Å². The molecule has 0 radical (unpaired) electrons. The molecule has 1 amide bonds. The zero-order valence-corrected chi connectivity index (χ0v) is 14.2. The molecule has 0 aromatic carbocycles. The Kier molecular flexibility index (Phi) is 3.72. The molecule has 126 valence electrons. The van der Waals surface area contributed by atoms with Crippen molar-refractivity contribution in [2.75, 3.05) is 13.1 Å². The summed E-state index contributed by atoms with van der Waals surface area (Å²) in [6.07, 6.45) is 2.19. The van der Waals surface area contributed by atoms with Gasteiger partial charge in [0.15, 0.2) is 0 Å². The summed E-state index contributed by atoms with van der Waals surface area (Å²) in [5.74, 6) is 0.921. The van der Waals surface area contributed by atoms with Gasteiger partial charge in [0, 0.05) is 13.1 Å². The van der Waals surface area contributed by atoms with Crippen LogP contribution in [-0.4, -0.2) is 35.0 Å². The fraction of sp³-hybridized carbons (Fsp3) is 0.444. The van der Waals surface area contributed by atoms with Crippen LogP contribution in [0.1, 0.15) is 28.3 Å². The summed E-state index contributed by atoms with van der Waals surface area (Å²) in [4.78, 5) is 27.5. The van der Waals surface area contributed by atoms with E-state index in [-0.39, 0.29) is 11.8 Å². The lowest BCUT2D eigenvalue weighted by Crippen LogP contribution is -2.29. The summed E-state index contributed by atoms with van der Waals surface area (Å²) in [5.41, 5.74) is 0. The summed E-state index contributed by atoms with van der Waals surface area (Å²) in [6, 6.07) is 7.49. The second-order valence-electron chi connectivity index (χ2n) is 6.73. The zero-order valence-electron chi connectivity index (χ0n) is 13.4. The monoisotopic (exact) mass is 345 g/mol. The van der Waals surface area contributed by atoms with Gasteiger partial charge < -0.3 is 14.4 Å². The van der Waals surface area contributed by atoms with Crippen LogP contribution < -0.4 is 0 Å². The standard InChI is InChI=1S/C18H19NO4S/c1-10-2-5-14(23-10)15-6-7-16(24-15)17(20)19-8-12(11-3-4-11)13(9-19)18(21)22/h2,5-7,11-13H,3-4,8-9H2,1H3,(H,21,22)/t12-,13+/m1/s1. The van der Waals surface area contributed by atoms with Crippen LogP contribution in [0, 0.1) is 24.7 Å². The van der Waals surface area contributed by atoms with E-state index in [2.05, 4.69) is 0 Å². The van der Waals surface area contributed by atoms with Gasteiger partial charge in [0.2, 0.25) is 0 Å². The van der Waals surface area contributed by atoms with Crippen molar-refractivity contribution in [2.45, 2.75) is 19.8 Å². The average molecular weight is 345 g/mol. The lowest BCUT2D eigenvalue weighted by molar-refractivity contribution is -0.142. The maximum Gasteiger partial charge on any atom is 0.308 e. The van der Waals surface area contributed by atoms with E-state index in [4.69, 9.17) is 4.42 Å². The Bertz CT molecular complexity index is 789.